The lowest BCUT2D eigenvalue weighted by molar-refractivity contribution is -0.125. The molecular formula is C17H23ClN4O2. The molecule has 0 bridgehead atoms. The summed E-state index contributed by atoms with van der Waals surface area (Å²) in [5, 5.41) is 10.6. The molecule has 7 heteroatoms. The molecule has 1 fully saturated rings. The summed E-state index contributed by atoms with van der Waals surface area (Å²) in [4.78, 5) is 12.6. The molecule has 0 aliphatic carbocycles. The van der Waals surface area contributed by atoms with Gasteiger partial charge in [-0.3, -0.25) is 9.48 Å². The van der Waals surface area contributed by atoms with E-state index in [0.29, 0.717) is 13.1 Å². The lowest BCUT2D eigenvalue weighted by atomic mass is 9.90. The molecular weight excluding hydrogens is 328 g/mol. The summed E-state index contributed by atoms with van der Waals surface area (Å²) in [6.07, 6.45) is 3.83. The van der Waals surface area contributed by atoms with Crippen LogP contribution in [0, 0.1) is 5.92 Å². The number of ether oxygens (including phenoxy) is 1. The fourth-order valence-corrected chi connectivity index (χ4v) is 3.10. The lowest BCUT2D eigenvalue weighted by Crippen LogP contribution is -2.34. The van der Waals surface area contributed by atoms with E-state index in [2.05, 4.69) is 15.7 Å². The summed E-state index contributed by atoms with van der Waals surface area (Å²) in [7, 11) is 3.53. The fourth-order valence-electron chi connectivity index (χ4n) is 3.10. The number of methoxy groups -OCH3 is 1. The molecule has 0 saturated carbocycles. The van der Waals surface area contributed by atoms with Gasteiger partial charge in [-0.05, 0) is 11.6 Å². The summed E-state index contributed by atoms with van der Waals surface area (Å²) < 4.78 is 7.10. The Morgan fingerprint density at radius 3 is 2.92 bits per heavy atom. The van der Waals surface area contributed by atoms with Gasteiger partial charge in [-0.2, -0.15) is 5.10 Å². The maximum absolute atomic E-state index is 12.6. The second-order valence-corrected chi connectivity index (χ2v) is 5.85. The number of carbonyl (C=O) groups is 1. The van der Waals surface area contributed by atoms with E-state index in [-0.39, 0.29) is 30.2 Å². The first-order chi connectivity index (χ1) is 11.2. The molecule has 1 aromatic carbocycles. The summed E-state index contributed by atoms with van der Waals surface area (Å²) in [6, 6.07) is 7.73. The Kier molecular flexibility index (Phi) is 6.23. The average Bonchev–Trinajstić information content (AvgIpc) is 3.21. The standard InChI is InChI=1S/C17H22N4O2.ClH/c1-21-11-13(8-20-21)14-9-18-10-15(14)17(22)19-7-12-5-3-4-6-16(12)23-2;/h3-6,8,11,14-15,18H,7,9-10H2,1-2H3,(H,19,22);1H/t14-,15+;/m1./s1. The van der Waals surface area contributed by atoms with Crippen molar-refractivity contribution in [2.75, 3.05) is 20.2 Å². The monoisotopic (exact) mass is 350 g/mol. The molecule has 1 aliphatic heterocycles. The molecule has 1 aromatic heterocycles. The number of rotatable bonds is 5. The van der Waals surface area contributed by atoms with E-state index >= 15 is 0 Å². The highest BCUT2D eigenvalue weighted by Crippen LogP contribution is 2.28. The van der Waals surface area contributed by atoms with E-state index in [1.165, 1.54) is 0 Å². The van der Waals surface area contributed by atoms with Gasteiger partial charge >= 0.3 is 0 Å². The molecule has 2 atom stereocenters. The topological polar surface area (TPSA) is 68.2 Å². The number of carbonyl (C=O) groups excluding carboxylic acids is 1. The van der Waals surface area contributed by atoms with Crippen LogP contribution in [0.15, 0.2) is 36.7 Å². The van der Waals surface area contributed by atoms with E-state index in [9.17, 15) is 4.79 Å². The van der Waals surface area contributed by atoms with Crippen molar-refractivity contribution in [3.8, 4) is 5.75 Å². The van der Waals surface area contributed by atoms with Gasteiger partial charge in [0.1, 0.15) is 5.75 Å². The van der Waals surface area contributed by atoms with Crippen molar-refractivity contribution in [2.45, 2.75) is 12.5 Å². The van der Waals surface area contributed by atoms with Crippen LogP contribution in [0.25, 0.3) is 0 Å². The summed E-state index contributed by atoms with van der Waals surface area (Å²) >= 11 is 0. The van der Waals surface area contributed by atoms with Crippen molar-refractivity contribution in [2.24, 2.45) is 13.0 Å². The third-order valence-electron chi connectivity index (χ3n) is 4.35. The zero-order valence-corrected chi connectivity index (χ0v) is 14.7. The Morgan fingerprint density at radius 1 is 1.42 bits per heavy atom. The zero-order valence-electron chi connectivity index (χ0n) is 13.9. The summed E-state index contributed by atoms with van der Waals surface area (Å²) in [5.41, 5.74) is 2.09. The predicted octanol–water partition coefficient (Wildman–Crippen LogP) is 1.47. The number of aromatic nitrogens is 2. The van der Waals surface area contributed by atoms with Crippen LogP contribution in [0.2, 0.25) is 0 Å². The van der Waals surface area contributed by atoms with Crippen molar-refractivity contribution in [1.82, 2.24) is 20.4 Å². The van der Waals surface area contributed by atoms with Crippen LogP contribution in [0.4, 0.5) is 0 Å². The van der Waals surface area contributed by atoms with Crippen molar-refractivity contribution >= 4 is 18.3 Å². The van der Waals surface area contributed by atoms with Crippen LogP contribution in [0.1, 0.15) is 17.0 Å². The number of para-hydroxylation sites is 1. The van der Waals surface area contributed by atoms with E-state index < -0.39 is 0 Å². The van der Waals surface area contributed by atoms with Crippen LogP contribution in [-0.4, -0.2) is 35.9 Å². The third kappa shape index (κ3) is 3.88. The van der Waals surface area contributed by atoms with Gasteiger partial charge in [0.2, 0.25) is 5.91 Å². The van der Waals surface area contributed by atoms with Crippen molar-refractivity contribution in [1.29, 1.82) is 0 Å². The number of nitrogens with one attached hydrogen (secondary N) is 2. The number of benzene rings is 1. The molecule has 1 aliphatic rings. The first-order valence-electron chi connectivity index (χ1n) is 7.78. The fraction of sp³-hybridized carbons (Fsp3) is 0.412. The molecule has 0 unspecified atom stereocenters. The largest absolute Gasteiger partial charge is 0.496 e. The highest BCUT2D eigenvalue weighted by molar-refractivity contribution is 5.85. The molecule has 0 radical (unpaired) electrons. The second-order valence-electron chi connectivity index (χ2n) is 5.85. The summed E-state index contributed by atoms with van der Waals surface area (Å²) in [5.74, 6) is 0.950. The Hall–Kier alpha value is -2.05. The van der Waals surface area contributed by atoms with E-state index in [1.54, 1.807) is 11.8 Å². The quantitative estimate of drug-likeness (QED) is 0.857. The van der Waals surface area contributed by atoms with Crippen LogP contribution in [0.3, 0.4) is 0 Å². The Balaban J connectivity index is 0.00000208. The van der Waals surface area contributed by atoms with Gasteiger partial charge in [0.05, 0.1) is 19.2 Å². The number of amides is 1. The molecule has 0 spiro atoms. The van der Waals surface area contributed by atoms with E-state index in [0.717, 1.165) is 23.4 Å². The van der Waals surface area contributed by atoms with Gasteiger partial charge in [-0.1, -0.05) is 18.2 Å². The van der Waals surface area contributed by atoms with Gasteiger partial charge < -0.3 is 15.4 Å². The van der Waals surface area contributed by atoms with E-state index in [4.69, 9.17) is 4.74 Å². The van der Waals surface area contributed by atoms with Crippen molar-refractivity contribution in [3.63, 3.8) is 0 Å². The number of nitrogens with zero attached hydrogens (tertiary/aromatic N) is 2. The van der Waals surface area contributed by atoms with Gasteiger partial charge in [0, 0.05) is 44.4 Å². The van der Waals surface area contributed by atoms with Crippen LogP contribution >= 0.6 is 12.4 Å². The van der Waals surface area contributed by atoms with Gasteiger partial charge in [0.25, 0.3) is 0 Å². The minimum Gasteiger partial charge on any atom is -0.496 e. The third-order valence-corrected chi connectivity index (χ3v) is 4.35. The number of hydrogen-bond donors (Lipinski definition) is 2. The molecule has 1 amide bonds. The van der Waals surface area contributed by atoms with Crippen LogP contribution in [0.5, 0.6) is 5.75 Å². The highest BCUT2D eigenvalue weighted by Gasteiger charge is 2.34. The normalized spacial score (nSPS) is 19.6. The van der Waals surface area contributed by atoms with Crippen LogP contribution in [-0.2, 0) is 18.4 Å². The molecule has 2 N–H and O–H groups in total. The Labute approximate surface area is 148 Å². The van der Waals surface area contributed by atoms with Crippen molar-refractivity contribution < 1.29 is 9.53 Å². The minimum atomic E-state index is -0.0751. The first kappa shape index (κ1) is 18.3. The molecule has 130 valence electrons. The number of hydrogen-bond acceptors (Lipinski definition) is 4. The molecule has 1 saturated heterocycles. The maximum Gasteiger partial charge on any atom is 0.225 e. The van der Waals surface area contributed by atoms with Crippen LogP contribution < -0.4 is 15.4 Å². The average molecular weight is 351 g/mol. The van der Waals surface area contributed by atoms with Crippen molar-refractivity contribution in [3.05, 3.63) is 47.8 Å². The Morgan fingerprint density at radius 2 is 2.21 bits per heavy atom. The predicted molar refractivity (Wildman–Crippen MR) is 94.4 cm³/mol. The first-order valence-corrected chi connectivity index (χ1v) is 7.78. The molecule has 24 heavy (non-hydrogen) atoms. The van der Waals surface area contributed by atoms with Gasteiger partial charge in [0.15, 0.2) is 0 Å². The minimum absolute atomic E-state index is 0. The summed E-state index contributed by atoms with van der Waals surface area (Å²) in [6.45, 7) is 1.97. The number of halogens is 1. The molecule has 2 heterocycles. The highest BCUT2D eigenvalue weighted by atomic mass is 35.5. The molecule has 3 rings (SSSR count). The zero-order chi connectivity index (χ0) is 16.2. The Bertz CT molecular complexity index is 689. The smallest absolute Gasteiger partial charge is 0.225 e. The molecule has 2 aromatic rings. The molecule has 6 nitrogen and oxygen atoms in total. The van der Waals surface area contributed by atoms with E-state index in [1.807, 2.05) is 43.7 Å². The maximum atomic E-state index is 12.6. The second kappa shape index (κ2) is 8.17. The number of aryl methyl sites for hydroxylation is 1. The van der Waals surface area contributed by atoms with Gasteiger partial charge in [-0.15, -0.1) is 12.4 Å². The SMILES string of the molecule is COc1ccccc1CNC(=O)[C@H]1CNC[C@@H]1c1cnn(C)c1.Cl. The lowest BCUT2D eigenvalue weighted by Gasteiger charge is -2.17. The van der Waals surface area contributed by atoms with Gasteiger partial charge in [-0.25, -0.2) is 0 Å².